The topological polar surface area (TPSA) is 55.5 Å². The van der Waals surface area contributed by atoms with Crippen LogP contribution >= 0.6 is 0 Å². The Labute approximate surface area is 153 Å². The fourth-order valence-electron chi connectivity index (χ4n) is 3.45. The van der Waals surface area contributed by atoms with Crippen molar-refractivity contribution >= 4 is 28.2 Å². The molecule has 0 unspecified atom stereocenters. The maximum absolute atomic E-state index is 12.9. The lowest BCUT2D eigenvalue weighted by Crippen LogP contribution is -2.48. The number of rotatable bonds is 3. The van der Waals surface area contributed by atoms with Gasteiger partial charge in [-0.3, -0.25) is 9.89 Å². The van der Waals surface area contributed by atoms with Crippen LogP contribution in [0, 0.1) is 0 Å². The zero-order chi connectivity index (χ0) is 18.1. The van der Waals surface area contributed by atoms with E-state index in [4.69, 9.17) is 0 Å². The molecule has 0 saturated carbocycles. The van der Waals surface area contributed by atoms with Crippen LogP contribution in [0.5, 0.6) is 0 Å². The van der Waals surface area contributed by atoms with E-state index in [-0.39, 0.29) is 5.91 Å². The lowest BCUT2D eigenvalue weighted by atomic mass is 10.1. The number of para-hydroxylation sites is 1. The smallest absolute Gasteiger partial charge is 0.256 e. The van der Waals surface area contributed by atoms with Gasteiger partial charge in [-0.05, 0) is 30.3 Å². The predicted octanol–water partition coefficient (Wildman–Crippen LogP) is 2.59. The molecule has 1 amide bonds. The molecule has 1 aliphatic heterocycles. The van der Waals surface area contributed by atoms with Gasteiger partial charge in [-0.1, -0.05) is 12.1 Å². The largest absolute Gasteiger partial charge is 0.378 e. The van der Waals surface area contributed by atoms with Gasteiger partial charge in [-0.25, -0.2) is 0 Å². The minimum Gasteiger partial charge on any atom is -0.378 e. The molecule has 1 aromatic heterocycles. The number of hydrogen-bond donors (Lipinski definition) is 1. The van der Waals surface area contributed by atoms with Gasteiger partial charge >= 0.3 is 0 Å². The third kappa shape index (κ3) is 2.98. The fourth-order valence-corrected chi connectivity index (χ4v) is 3.45. The highest BCUT2D eigenvalue weighted by Crippen LogP contribution is 2.22. The summed E-state index contributed by atoms with van der Waals surface area (Å²) in [5.41, 5.74) is 3.91. The molecule has 0 aliphatic carbocycles. The van der Waals surface area contributed by atoms with Crippen LogP contribution in [0.3, 0.4) is 0 Å². The second-order valence-electron chi connectivity index (χ2n) is 6.83. The Morgan fingerprint density at radius 2 is 1.77 bits per heavy atom. The lowest BCUT2D eigenvalue weighted by molar-refractivity contribution is 0.0748. The molecule has 1 saturated heterocycles. The van der Waals surface area contributed by atoms with Crippen LogP contribution in [0.25, 0.3) is 10.9 Å². The zero-order valence-corrected chi connectivity index (χ0v) is 15.1. The molecule has 26 heavy (non-hydrogen) atoms. The first-order chi connectivity index (χ1) is 12.6. The number of H-pyrrole nitrogens is 1. The van der Waals surface area contributed by atoms with Gasteiger partial charge in [0.15, 0.2) is 0 Å². The first-order valence-corrected chi connectivity index (χ1v) is 8.87. The second kappa shape index (κ2) is 6.71. The van der Waals surface area contributed by atoms with Crippen molar-refractivity contribution in [1.82, 2.24) is 15.1 Å². The standard InChI is InChI=1S/C20H23N5O/c1-23(2)16-6-8-17(9-7-16)24-10-12-25(13-11-24)20(26)18-5-3-4-15-14-21-22-19(15)18/h3-9,14H,10-13H2,1-2H3,(H,21,22). The van der Waals surface area contributed by atoms with Gasteiger partial charge in [0.2, 0.25) is 0 Å². The Kier molecular flexibility index (Phi) is 4.24. The van der Waals surface area contributed by atoms with E-state index in [0.717, 1.165) is 37.1 Å². The van der Waals surface area contributed by atoms with E-state index >= 15 is 0 Å². The van der Waals surface area contributed by atoms with Crippen molar-refractivity contribution < 1.29 is 4.79 Å². The van der Waals surface area contributed by atoms with Gasteiger partial charge in [-0.15, -0.1) is 0 Å². The Morgan fingerprint density at radius 1 is 1.04 bits per heavy atom. The molecular weight excluding hydrogens is 326 g/mol. The van der Waals surface area contributed by atoms with Crippen LogP contribution in [-0.2, 0) is 0 Å². The van der Waals surface area contributed by atoms with Crippen LogP contribution in [0.2, 0.25) is 0 Å². The zero-order valence-electron chi connectivity index (χ0n) is 15.1. The molecule has 6 nitrogen and oxygen atoms in total. The molecule has 0 bridgehead atoms. The number of aromatic amines is 1. The molecule has 2 aromatic carbocycles. The highest BCUT2D eigenvalue weighted by atomic mass is 16.2. The number of hydrogen-bond acceptors (Lipinski definition) is 4. The molecular formula is C20H23N5O. The van der Waals surface area contributed by atoms with E-state index in [2.05, 4.69) is 44.3 Å². The Balaban J connectivity index is 1.45. The van der Waals surface area contributed by atoms with Gasteiger partial charge in [0.05, 0.1) is 17.3 Å². The van der Waals surface area contributed by atoms with Crippen molar-refractivity contribution in [3.8, 4) is 0 Å². The first kappa shape index (κ1) is 16.4. The number of piperazine rings is 1. The normalized spacial score (nSPS) is 14.7. The minimum atomic E-state index is 0.0717. The summed E-state index contributed by atoms with van der Waals surface area (Å²) in [5, 5.41) is 7.97. The van der Waals surface area contributed by atoms with E-state index in [1.165, 1.54) is 11.4 Å². The number of nitrogens with zero attached hydrogens (tertiary/aromatic N) is 4. The number of benzene rings is 2. The van der Waals surface area contributed by atoms with Crippen LogP contribution in [0.1, 0.15) is 10.4 Å². The number of aromatic nitrogens is 2. The average Bonchev–Trinajstić information content (AvgIpc) is 3.16. The number of carbonyl (C=O) groups is 1. The van der Waals surface area contributed by atoms with E-state index in [0.29, 0.717) is 5.56 Å². The van der Waals surface area contributed by atoms with Gasteiger partial charge in [-0.2, -0.15) is 5.10 Å². The molecule has 134 valence electrons. The summed E-state index contributed by atoms with van der Waals surface area (Å²) >= 11 is 0. The number of nitrogens with one attached hydrogen (secondary N) is 1. The molecule has 0 radical (unpaired) electrons. The van der Waals surface area contributed by atoms with E-state index < -0.39 is 0 Å². The van der Waals surface area contributed by atoms with Crippen molar-refractivity contribution in [3.63, 3.8) is 0 Å². The number of carbonyl (C=O) groups excluding carboxylic acids is 1. The molecule has 0 spiro atoms. The van der Waals surface area contributed by atoms with E-state index in [9.17, 15) is 4.79 Å². The van der Waals surface area contributed by atoms with E-state index in [1.54, 1.807) is 6.20 Å². The summed E-state index contributed by atoms with van der Waals surface area (Å²) < 4.78 is 0. The Morgan fingerprint density at radius 3 is 2.46 bits per heavy atom. The molecule has 1 fully saturated rings. The molecule has 3 aromatic rings. The summed E-state index contributed by atoms with van der Waals surface area (Å²) in [6.07, 6.45) is 1.75. The predicted molar refractivity (Wildman–Crippen MR) is 105 cm³/mol. The molecule has 0 atom stereocenters. The highest BCUT2D eigenvalue weighted by Gasteiger charge is 2.24. The molecule has 4 rings (SSSR count). The third-order valence-electron chi connectivity index (χ3n) is 5.01. The van der Waals surface area contributed by atoms with Crippen molar-refractivity contribution in [2.75, 3.05) is 50.1 Å². The summed E-state index contributed by atoms with van der Waals surface area (Å²) in [6.45, 7) is 3.12. The van der Waals surface area contributed by atoms with E-state index in [1.807, 2.05) is 37.2 Å². The van der Waals surface area contributed by atoms with Crippen molar-refractivity contribution in [2.24, 2.45) is 0 Å². The monoisotopic (exact) mass is 349 g/mol. The summed E-state index contributed by atoms with van der Waals surface area (Å²) in [7, 11) is 4.08. The SMILES string of the molecule is CN(C)c1ccc(N2CCN(C(=O)c3cccc4cn[nH]c34)CC2)cc1. The van der Waals surface area contributed by atoms with Gasteiger partial charge in [0, 0.05) is 57.0 Å². The first-order valence-electron chi connectivity index (χ1n) is 8.87. The number of amides is 1. The maximum atomic E-state index is 12.9. The van der Waals surface area contributed by atoms with Gasteiger partial charge in [0.1, 0.15) is 0 Å². The van der Waals surface area contributed by atoms with Crippen LogP contribution < -0.4 is 9.80 Å². The van der Waals surface area contributed by atoms with Gasteiger partial charge < -0.3 is 14.7 Å². The number of anilines is 2. The third-order valence-corrected chi connectivity index (χ3v) is 5.01. The number of fused-ring (bicyclic) bond motifs is 1. The summed E-state index contributed by atoms with van der Waals surface area (Å²) in [6, 6.07) is 14.3. The molecule has 2 heterocycles. The Bertz CT molecular complexity index is 907. The van der Waals surface area contributed by atoms with Crippen molar-refractivity contribution in [1.29, 1.82) is 0 Å². The van der Waals surface area contributed by atoms with Crippen molar-refractivity contribution in [3.05, 3.63) is 54.2 Å². The average molecular weight is 349 g/mol. The van der Waals surface area contributed by atoms with Crippen LogP contribution in [0.4, 0.5) is 11.4 Å². The Hall–Kier alpha value is -3.02. The highest BCUT2D eigenvalue weighted by molar-refractivity contribution is 6.05. The van der Waals surface area contributed by atoms with Crippen LogP contribution in [-0.4, -0.2) is 61.3 Å². The second-order valence-corrected chi connectivity index (χ2v) is 6.83. The van der Waals surface area contributed by atoms with Crippen molar-refractivity contribution in [2.45, 2.75) is 0 Å². The molecule has 1 N–H and O–H groups in total. The quantitative estimate of drug-likeness (QED) is 0.790. The van der Waals surface area contributed by atoms with Crippen LogP contribution in [0.15, 0.2) is 48.7 Å². The lowest BCUT2D eigenvalue weighted by Gasteiger charge is -2.36. The minimum absolute atomic E-state index is 0.0717. The molecule has 6 heteroatoms. The summed E-state index contributed by atoms with van der Waals surface area (Å²) in [5.74, 6) is 0.0717. The molecule has 1 aliphatic rings. The van der Waals surface area contributed by atoms with Gasteiger partial charge in [0.25, 0.3) is 5.91 Å². The maximum Gasteiger partial charge on any atom is 0.256 e. The summed E-state index contributed by atoms with van der Waals surface area (Å²) in [4.78, 5) is 19.3. The fraction of sp³-hybridized carbons (Fsp3) is 0.300.